The van der Waals surface area contributed by atoms with Crippen LogP contribution in [0.4, 0.5) is 11.6 Å². The highest BCUT2D eigenvalue weighted by atomic mass is 15.3. The van der Waals surface area contributed by atoms with E-state index in [4.69, 9.17) is 0 Å². The fourth-order valence-electron chi connectivity index (χ4n) is 2.82. The maximum Gasteiger partial charge on any atom is 0.134 e. The van der Waals surface area contributed by atoms with Gasteiger partial charge in [0.25, 0.3) is 0 Å². The van der Waals surface area contributed by atoms with Gasteiger partial charge in [0.15, 0.2) is 0 Å². The van der Waals surface area contributed by atoms with Crippen LogP contribution in [0.15, 0.2) is 12.4 Å². The highest BCUT2D eigenvalue weighted by Crippen LogP contribution is 2.26. The number of hydrogen-bond acceptors (Lipinski definition) is 5. The summed E-state index contributed by atoms with van der Waals surface area (Å²) in [6.45, 7) is 4.51. The summed E-state index contributed by atoms with van der Waals surface area (Å²) in [5.41, 5.74) is 0. The van der Waals surface area contributed by atoms with E-state index in [-0.39, 0.29) is 0 Å². The van der Waals surface area contributed by atoms with E-state index in [0.29, 0.717) is 0 Å². The molecule has 0 spiro atoms. The van der Waals surface area contributed by atoms with E-state index in [1.165, 1.54) is 32.4 Å². The number of aromatic nitrogens is 2. The maximum absolute atomic E-state index is 4.42. The first-order valence-electron chi connectivity index (χ1n) is 7.22. The molecule has 1 aliphatic carbocycles. The van der Waals surface area contributed by atoms with Crippen molar-refractivity contribution in [3.05, 3.63) is 12.4 Å². The maximum atomic E-state index is 4.42. The van der Waals surface area contributed by atoms with Crippen molar-refractivity contribution in [1.82, 2.24) is 14.9 Å². The van der Waals surface area contributed by atoms with E-state index in [2.05, 4.69) is 25.8 Å². The molecule has 1 aromatic heterocycles. The van der Waals surface area contributed by atoms with E-state index in [0.717, 1.165) is 30.8 Å². The zero-order valence-corrected chi connectivity index (χ0v) is 11.9. The van der Waals surface area contributed by atoms with Crippen LogP contribution in [0.25, 0.3) is 0 Å². The number of nitrogens with zero attached hydrogens (tertiary/aromatic N) is 5. The SMILES string of the molecule is CN(C)c1cc(N2CCN(C3CCC3)CC2)ncn1. The Kier molecular flexibility index (Phi) is 3.55. The van der Waals surface area contributed by atoms with E-state index in [9.17, 15) is 0 Å². The standard InChI is InChI=1S/C14H23N5/c1-17(2)13-10-14(16-11-15-13)19-8-6-18(7-9-19)12-4-3-5-12/h10-12H,3-9H2,1-2H3. The van der Waals surface area contributed by atoms with Gasteiger partial charge in [-0.15, -0.1) is 0 Å². The zero-order valence-electron chi connectivity index (χ0n) is 11.9. The second-order valence-electron chi connectivity index (χ2n) is 5.74. The first kappa shape index (κ1) is 12.7. The first-order chi connectivity index (χ1) is 9.24. The van der Waals surface area contributed by atoms with Crippen molar-refractivity contribution in [2.75, 3.05) is 50.1 Å². The molecule has 0 atom stereocenters. The predicted molar refractivity (Wildman–Crippen MR) is 77.8 cm³/mol. The molecule has 0 N–H and O–H groups in total. The minimum Gasteiger partial charge on any atom is -0.363 e. The van der Waals surface area contributed by atoms with Crippen LogP contribution in [0.3, 0.4) is 0 Å². The molecule has 1 aromatic rings. The van der Waals surface area contributed by atoms with Gasteiger partial charge in [-0.05, 0) is 12.8 Å². The van der Waals surface area contributed by atoms with E-state index in [1.807, 2.05) is 19.0 Å². The Labute approximate surface area is 115 Å². The summed E-state index contributed by atoms with van der Waals surface area (Å²) in [4.78, 5) is 15.7. The lowest BCUT2D eigenvalue weighted by atomic mass is 9.91. The van der Waals surface area contributed by atoms with Gasteiger partial charge in [-0.2, -0.15) is 0 Å². The number of anilines is 2. The summed E-state index contributed by atoms with van der Waals surface area (Å²) < 4.78 is 0. The summed E-state index contributed by atoms with van der Waals surface area (Å²) >= 11 is 0. The smallest absolute Gasteiger partial charge is 0.134 e. The van der Waals surface area contributed by atoms with Crippen molar-refractivity contribution >= 4 is 11.6 Å². The molecule has 5 nitrogen and oxygen atoms in total. The lowest BCUT2D eigenvalue weighted by Gasteiger charge is -2.43. The number of rotatable bonds is 3. The van der Waals surface area contributed by atoms with Gasteiger partial charge in [-0.1, -0.05) is 6.42 Å². The highest BCUT2D eigenvalue weighted by Gasteiger charge is 2.28. The van der Waals surface area contributed by atoms with Crippen molar-refractivity contribution in [3.63, 3.8) is 0 Å². The Balaban J connectivity index is 1.62. The van der Waals surface area contributed by atoms with E-state index in [1.54, 1.807) is 6.33 Å². The van der Waals surface area contributed by atoms with Crippen LogP contribution in [0.5, 0.6) is 0 Å². The van der Waals surface area contributed by atoms with Crippen LogP contribution in [0.1, 0.15) is 19.3 Å². The Bertz CT molecular complexity index is 422. The van der Waals surface area contributed by atoms with Crippen LogP contribution in [0, 0.1) is 0 Å². The molecule has 0 aromatic carbocycles. The third-order valence-corrected chi connectivity index (χ3v) is 4.33. The average molecular weight is 261 g/mol. The van der Waals surface area contributed by atoms with Gasteiger partial charge in [0.2, 0.25) is 0 Å². The summed E-state index contributed by atoms with van der Waals surface area (Å²) in [5, 5.41) is 0. The molecular formula is C14H23N5. The van der Waals surface area contributed by atoms with Crippen molar-refractivity contribution in [3.8, 4) is 0 Å². The summed E-state index contributed by atoms with van der Waals surface area (Å²) in [6.07, 6.45) is 5.89. The van der Waals surface area contributed by atoms with Crippen LogP contribution in [-0.2, 0) is 0 Å². The van der Waals surface area contributed by atoms with Gasteiger partial charge in [-0.3, -0.25) is 4.90 Å². The Hall–Kier alpha value is -1.36. The van der Waals surface area contributed by atoms with Crippen molar-refractivity contribution < 1.29 is 0 Å². The Morgan fingerprint density at radius 3 is 2.42 bits per heavy atom. The Morgan fingerprint density at radius 1 is 1.11 bits per heavy atom. The summed E-state index contributed by atoms with van der Waals surface area (Å²) in [5.74, 6) is 2.04. The molecule has 2 heterocycles. The lowest BCUT2D eigenvalue weighted by molar-refractivity contribution is 0.120. The number of piperazine rings is 1. The van der Waals surface area contributed by atoms with E-state index >= 15 is 0 Å². The molecule has 1 saturated carbocycles. The molecule has 5 heteroatoms. The Morgan fingerprint density at radius 2 is 1.84 bits per heavy atom. The van der Waals surface area contributed by atoms with Crippen molar-refractivity contribution in [2.45, 2.75) is 25.3 Å². The average Bonchev–Trinajstić information content (AvgIpc) is 2.38. The van der Waals surface area contributed by atoms with Crippen molar-refractivity contribution in [2.24, 2.45) is 0 Å². The molecule has 2 fully saturated rings. The van der Waals surface area contributed by atoms with Gasteiger partial charge in [0, 0.05) is 52.4 Å². The second-order valence-corrected chi connectivity index (χ2v) is 5.74. The van der Waals surface area contributed by atoms with Crippen LogP contribution < -0.4 is 9.80 Å². The predicted octanol–water partition coefficient (Wildman–Crippen LogP) is 1.22. The third kappa shape index (κ3) is 2.66. The van der Waals surface area contributed by atoms with E-state index < -0.39 is 0 Å². The lowest BCUT2D eigenvalue weighted by Crippen LogP contribution is -2.52. The number of hydrogen-bond donors (Lipinski definition) is 0. The van der Waals surface area contributed by atoms with Gasteiger partial charge >= 0.3 is 0 Å². The molecule has 1 aliphatic heterocycles. The van der Waals surface area contributed by atoms with Gasteiger partial charge in [0.1, 0.15) is 18.0 Å². The van der Waals surface area contributed by atoms with Crippen LogP contribution >= 0.6 is 0 Å². The zero-order chi connectivity index (χ0) is 13.2. The van der Waals surface area contributed by atoms with Gasteiger partial charge < -0.3 is 9.80 Å². The first-order valence-corrected chi connectivity index (χ1v) is 7.22. The molecule has 19 heavy (non-hydrogen) atoms. The summed E-state index contributed by atoms with van der Waals surface area (Å²) in [7, 11) is 4.03. The van der Waals surface area contributed by atoms with Crippen LogP contribution in [0.2, 0.25) is 0 Å². The molecule has 1 saturated heterocycles. The van der Waals surface area contributed by atoms with Crippen molar-refractivity contribution in [1.29, 1.82) is 0 Å². The second kappa shape index (κ2) is 5.33. The minimum atomic E-state index is 0.866. The highest BCUT2D eigenvalue weighted by molar-refractivity contribution is 5.49. The fourth-order valence-corrected chi connectivity index (χ4v) is 2.82. The molecule has 0 radical (unpaired) electrons. The van der Waals surface area contributed by atoms with Gasteiger partial charge in [0.05, 0.1) is 0 Å². The monoisotopic (exact) mass is 261 g/mol. The molecule has 3 rings (SSSR count). The fraction of sp³-hybridized carbons (Fsp3) is 0.714. The molecule has 0 unspecified atom stereocenters. The quantitative estimate of drug-likeness (QED) is 0.817. The molecule has 2 aliphatic rings. The molecular weight excluding hydrogens is 238 g/mol. The summed E-state index contributed by atoms with van der Waals surface area (Å²) in [6, 6.07) is 2.95. The molecule has 104 valence electrons. The largest absolute Gasteiger partial charge is 0.363 e. The topological polar surface area (TPSA) is 35.5 Å². The van der Waals surface area contributed by atoms with Crippen LogP contribution in [-0.4, -0.2) is 61.2 Å². The molecule has 0 bridgehead atoms. The normalized spacial score (nSPS) is 21.3. The minimum absolute atomic E-state index is 0.866. The third-order valence-electron chi connectivity index (χ3n) is 4.33. The molecule has 0 amide bonds. The van der Waals surface area contributed by atoms with Gasteiger partial charge in [-0.25, -0.2) is 9.97 Å².